The summed E-state index contributed by atoms with van der Waals surface area (Å²) in [4.78, 5) is 19.0. The number of nitrogens with zero attached hydrogens (tertiary/aromatic N) is 2. The number of carbonyl (C=O) groups is 1. The summed E-state index contributed by atoms with van der Waals surface area (Å²) >= 11 is 0. The molecule has 1 saturated heterocycles. The van der Waals surface area contributed by atoms with E-state index in [2.05, 4.69) is 4.98 Å². The van der Waals surface area contributed by atoms with Gasteiger partial charge in [0.1, 0.15) is 5.75 Å². The van der Waals surface area contributed by atoms with Crippen LogP contribution >= 0.6 is 0 Å². The molecule has 0 radical (unpaired) electrons. The Bertz CT molecular complexity index is 761. The smallest absolute Gasteiger partial charge is 0.255 e. The Labute approximate surface area is 160 Å². The van der Waals surface area contributed by atoms with Gasteiger partial charge in [-0.05, 0) is 37.6 Å². The molecular formula is C21H26N2O4. The van der Waals surface area contributed by atoms with E-state index >= 15 is 0 Å². The van der Waals surface area contributed by atoms with E-state index in [1.807, 2.05) is 49.1 Å². The first-order valence-electron chi connectivity index (χ1n) is 9.18. The lowest BCUT2D eigenvalue weighted by Gasteiger charge is -2.33. The van der Waals surface area contributed by atoms with Crippen LogP contribution in [-0.2, 0) is 9.47 Å². The molecule has 0 saturated carbocycles. The highest BCUT2D eigenvalue weighted by Gasteiger charge is 2.25. The molecule has 0 aliphatic carbocycles. The Morgan fingerprint density at radius 3 is 2.74 bits per heavy atom. The number of hydrogen-bond donors (Lipinski definition) is 0. The molecule has 144 valence electrons. The third kappa shape index (κ3) is 5.05. The summed E-state index contributed by atoms with van der Waals surface area (Å²) in [5, 5.41) is 0. The number of rotatable bonds is 6. The van der Waals surface area contributed by atoms with E-state index in [9.17, 15) is 4.79 Å². The highest BCUT2D eigenvalue weighted by atomic mass is 16.5. The van der Waals surface area contributed by atoms with Crippen LogP contribution < -0.4 is 4.74 Å². The quantitative estimate of drug-likeness (QED) is 0.782. The van der Waals surface area contributed by atoms with Gasteiger partial charge in [-0.15, -0.1) is 0 Å². The second-order valence-corrected chi connectivity index (χ2v) is 6.82. The second-order valence-electron chi connectivity index (χ2n) is 6.82. The van der Waals surface area contributed by atoms with Crippen molar-refractivity contribution < 1.29 is 19.0 Å². The molecule has 1 unspecified atom stereocenters. The van der Waals surface area contributed by atoms with Crippen LogP contribution in [0.25, 0.3) is 11.1 Å². The van der Waals surface area contributed by atoms with Crippen LogP contribution in [0, 0.1) is 0 Å². The van der Waals surface area contributed by atoms with E-state index in [-0.39, 0.29) is 18.1 Å². The lowest BCUT2D eigenvalue weighted by molar-refractivity contribution is -0.0725. The first kappa shape index (κ1) is 19.3. The predicted molar refractivity (Wildman–Crippen MR) is 103 cm³/mol. The Kier molecular flexibility index (Phi) is 6.42. The lowest BCUT2D eigenvalue weighted by Crippen LogP contribution is -2.47. The van der Waals surface area contributed by atoms with Gasteiger partial charge < -0.3 is 19.1 Å². The van der Waals surface area contributed by atoms with E-state index in [0.29, 0.717) is 31.9 Å². The van der Waals surface area contributed by atoms with E-state index in [1.165, 1.54) is 0 Å². The van der Waals surface area contributed by atoms with Crippen molar-refractivity contribution in [3.8, 4) is 16.9 Å². The number of aromatic nitrogens is 1. The minimum atomic E-state index is -0.0946. The van der Waals surface area contributed by atoms with Gasteiger partial charge >= 0.3 is 0 Å². The molecule has 0 spiro atoms. The van der Waals surface area contributed by atoms with Gasteiger partial charge in [0.2, 0.25) is 0 Å². The summed E-state index contributed by atoms with van der Waals surface area (Å²) < 4.78 is 16.5. The number of ether oxygens (including phenoxy) is 3. The molecule has 0 N–H and O–H groups in total. The van der Waals surface area contributed by atoms with Gasteiger partial charge in [-0.3, -0.25) is 9.78 Å². The summed E-state index contributed by atoms with van der Waals surface area (Å²) in [6.45, 7) is 6.08. The third-order valence-corrected chi connectivity index (χ3v) is 4.45. The lowest BCUT2D eigenvalue weighted by atomic mass is 10.1. The third-order valence-electron chi connectivity index (χ3n) is 4.45. The summed E-state index contributed by atoms with van der Waals surface area (Å²) in [6.07, 6.45) is 3.43. The molecule has 2 aromatic rings. The fraction of sp³-hybridized carbons (Fsp3) is 0.429. The summed E-state index contributed by atoms with van der Waals surface area (Å²) in [7, 11) is 1.64. The Morgan fingerprint density at radius 2 is 2.04 bits per heavy atom. The number of morpholine rings is 1. The number of benzene rings is 1. The molecule has 1 aliphatic rings. The number of methoxy groups -OCH3 is 1. The van der Waals surface area contributed by atoms with Gasteiger partial charge in [0.25, 0.3) is 5.91 Å². The van der Waals surface area contributed by atoms with Gasteiger partial charge in [0.15, 0.2) is 0 Å². The maximum Gasteiger partial charge on any atom is 0.255 e. The summed E-state index contributed by atoms with van der Waals surface area (Å²) in [5.74, 6) is 0.762. The number of pyridine rings is 1. The maximum absolute atomic E-state index is 12.9. The van der Waals surface area contributed by atoms with Crippen LogP contribution in [0.1, 0.15) is 24.2 Å². The van der Waals surface area contributed by atoms with Gasteiger partial charge in [-0.1, -0.05) is 12.1 Å². The number of amides is 1. The van der Waals surface area contributed by atoms with Gasteiger partial charge in [0, 0.05) is 31.0 Å². The highest BCUT2D eigenvalue weighted by molar-refractivity contribution is 5.95. The number of carbonyl (C=O) groups excluding carboxylic acids is 1. The maximum atomic E-state index is 12.9. The van der Waals surface area contributed by atoms with Crippen molar-refractivity contribution in [3.05, 3.63) is 48.3 Å². The van der Waals surface area contributed by atoms with Crippen LogP contribution in [0.2, 0.25) is 0 Å². The highest BCUT2D eigenvalue weighted by Crippen LogP contribution is 2.23. The molecule has 27 heavy (non-hydrogen) atoms. The SMILES string of the molecule is COc1ccc(-c2cncc(C(=O)N3CCOC(COC(C)C)C3)c2)cc1. The molecule has 1 fully saturated rings. The molecule has 6 nitrogen and oxygen atoms in total. The molecule has 1 aromatic carbocycles. The van der Waals surface area contributed by atoms with Crippen molar-refractivity contribution in [1.29, 1.82) is 0 Å². The molecule has 1 atom stereocenters. The normalized spacial score (nSPS) is 17.2. The average Bonchev–Trinajstić information content (AvgIpc) is 2.72. The zero-order chi connectivity index (χ0) is 19.2. The van der Waals surface area contributed by atoms with Gasteiger partial charge in [-0.25, -0.2) is 0 Å². The molecular weight excluding hydrogens is 344 g/mol. The summed E-state index contributed by atoms with van der Waals surface area (Å²) in [6, 6.07) is 9.58. The van der Waals surface area contributed by atoms with Crippen molar-refractivity contribution in [3.63, 3.8) is 0 Å². The van der Waals surface area contributed by atoms with Crippen LogP contribution in [0.3, 0.4) is 0 Å². The van der Waals surface area contributed by atoms with Crippen LogP contribution in [0.4, 0.5) is 0 Å². The Balaban J connectivity index is 1.71. The largest absolute Gasteiger partial charge is 0.497 e. The predicted octanol–water partition coefficient (Wildman–Crippen LogP) is 3.02. The average molecular weight is 370 g/mol. The Hall–Kier alpha value is -2.44. The van der Waals surface area contributed by atoms with Crippen LogP contribution in [-0.4, -0.2) is 61.4 Å². The van der Waals surface area contributed by atoms with Crippen molar-refractivity contribution in [1.82, 2.24) is 9.88 Å². The zero-order valence-corrected chi connectivity index (χ0v) is 16.1. The minimum absolute atomic E-state index is 0.0318. The summed E-state index contributed by atoms with van der Waals surface area (Å²) in [5.41, 5.74) is 2.47. The van der Waals surface area contributed by atoms with E-state index < -0.39 is 0 Å². The minimum Gasteiger partial charge on any atom is -0.497 e. The molecule has 1 amide bonds. The monoisotopic (exact) mass is 370 g/mol. The van der Waals surface area contributed by atoms with Crippen molar-refractivity contribution >= 4 is 5.91 Å². The molecule has 3 rings (SSSR count). The fourth-order valence-electron chi connectivity index (χ4n) is 2.99. The van der Waals surface area contributed by atoms with E-state index in [0.717, 1.165) is 16.9 Å². The molecule has 2 heterocycles. The molecule has 6 heteroatoms. The van der Waals surface area contributed by atoms with Gasteiger partial charge in [-0.2, -0.15) is 0 Å². The van der Waals surface area contributed by atoms with Crippen molar-refractivity contribution in [2.45, 2.75) is 26.1 Å². The fourth-order valence-corrected chi connectivity index (χ4v) is 2.99. The van der Waals surface area contributed by atoms with Crippen LogP contribution in [0.5, 0.6) is 5.75 Å². The van der Waals surface area contributed by atoms with Gasteiger partial charge in [0.05, 0.1) is 38.1 Å². The first-order valence-corrected chi connectivity index (χ1v) is 9.18. The molecule has 1 aromatic heterocycles. The van der Waals surface area contributed by atoms with Crippen molar-refractivity contribution in [2.24, 2.45) is 0 Å². The van der Waals surface area contributed by atoms with Crippen molar-refractivity contribution in [2.75, 3.05) is 33.4 Å². The number of hydrogen-bond acceptors (Lipinski definition) is 5. The topological polar surface area (TPSA) is 60.9 Å². The Morgan fingerprint density at radius 1 is 1.26 bits per heavy atom. The van der Waals surface area contributed by atoms with E-state index in [4.69, 9.17) is 14.2 Å². The second kappa shape index (κ2) is 8.97. The zero-order valence-electron chi connectivity index (χ0n) is 16.1. The first-order chi connectivity index (χ1) is 13.1. The van der Waals surface area contributed by atoms with E-state index in [1.54, 1.807) is 19.5 Å². The standard InChI is InChI=1S/C21H26N2O4/c1-15(2)27-14-20-13-23(8-9-26-20)21(24)18-10-17(11-22-12-18)16-4-6-19(25-3)7-5-16/h4-7,10-12,15,20H,8-9,13-14H2,1-3H3. The molecule has 1 aliphatic heterocycles. The van der Waals surface area contributed by atoms with Crippen LogP contribution in [0.15, 0.2) is 42.7 Å². The molecule has 0 bridgehead atoms.